The van der Waals surface area contributed by atoms with Crippen molar-refractivity contribution in [2.24, 2.45) is 0 Å². The van der Waals surface area contributed by atoms with Crippen LogP contribution in [0.1, 0.15) is 0 Å². The van der Waals surface area contributed by atoms with Gasteiger partial charge in [0.05, 0.1) is 12.4 Å². The topological polar surface area (TPSA) is 75.4 Å². The van der Waals surface area contributed by atoms with Gasteiger partial charge in [0.15, 0.2) is 5.75 Å². The van der Waals surface area contributed by atoms with E-state index in [1.165, 1.54) is 14.1 Å². The molecule has 1 N–H and O–H groups in total. The molecule has 12 heavy (non-hydrogen) atoms. The van der Waals surface area contributed by atoms with E-state index in [0.29, 0.717) is 4.09 Å². The van der Waals surface area contributed by atoms with E-state index in [9.17, 15) is 8.42 Å². The maximum Gasteiger partial charge on any atom is 0.322 e. The Balaban J connectivity index is 3.15. The lowest BCUT2D eigenvalue weighted by Crippen LogP contribution is -2.29. The van der Waals surface area contributed by atoms with E-state index in [2.05, 4.69) is 5.10 Å². The van der Waals surface area contributed by atoms with Crippen LogP contribution in [-0.4, -0.2) is 41.1 Å². The molecule has 0 atom stereocenters. The average molecular weight is 191 g/mol. The molecule has 7 heteroatoms. The van der Waals surface area contributed by atoms with Crippen molar-refractivity contribution in [2.45, 2.75) is 0 Å². The Morgan fingerprint density at radius 1 is 1.58 bits per heavy atom. The molecule has 0 aromatic carbocycles. The highest BCUT2D eigenvalue weighted by Crippen LogP contribution is 2.07. The summed E-state index contributed by atoms with van der Waals surface area (Å²) < 4.78 is 24.2. The molecule has 0 unspecified atom stereocenters. The molecule has 6 nitrogen and oxygen atoms in total. The van der Waals surface area contributed by atoms with Crippen molar-refractivity contribution in [2.75, 3.05) is 14.1 Å². The van der Waals surface area contributed by atoms with Gasteiger partial charge in [-0.05, 0) is 0 Å². The minimum absolute atomic E-state index is 0.180. The summed E-state index contributed by atoms with van der Waals surface area (Å²) in [7, 11) is -0.811. The Hall–Kier alpha value is -1.08. The molecule has 0 amide bonds. The summed E-state index contributed by atoms with van der Waals surface area (Å²) in [4.78, 5) is 0. The molecule has 1 aromatic heterocycles. The van der Waals surface area contributed by atoms with Crippen LogP contribution in [0.15, 0.2) is 12.4 Å². The molecule has 0 saturated heterocycles. The van der Waals surface area contributed by atoms with Gasteiger partial charge in [0, 0.05) is 14.1 Å². The summed E-state index contributed by atoms with van der Waals surface area (Å²) in [6.07, 6.45) is 2.08. The third-order valence-corrected chi connectivity index (χ3v) is 2.84. The first kappa shape index (κ1) is 9.01. The number of aromatic nitrogens is 2. The van der Waals surface area contributed by atoms with Crippen molar-refractivity contribution >= 4 is 10.2 Å². The summed E-state index contributed by atoms with van der Waals surface area (Å²) in [6, 6.07) is 0. The number of hydrogen-bond acceptors (Lipinski definition) is 4. The monoisotopic (exact) mass is 191 g/mol. The highest BCUT2D eigenvalue weighted by molar-refractivity contribution is 7.87. The molecular formula is C5H9N3O3S. The quantitative estimate of drug-likeness (QED) is 0.667. The van der Waals surface area contributed by atoms with E-state index in [4.69, 9.17) is 5.11 Å². The Labute approximate surface area is 70.2 Å². The van der Waals surface area contributed by atoms with Crippen molar-refractivity contribution in [3.05, 3.63) is 12.4 Å². The molecule has 0 saturated carbocycles. The molecule has 0 spiro atoms. The highest BCUT2D eigenvalue weighted by Gasteiger charge is 2.16. The fourth-order valence-electron chi connectivity index (χ4n) is 0.589. The lowest BCUT2D eigenvalue weighted by Gasteiger charge is -2.09. The van der Waals surface area contributed by atoms with Crippen LogP contribution in [0.5, 0.6) is 5.75 Å². The number of aromatic hydroxyl groups is 1. The maximum atomic E-state index is 11.3. The Morgan fingerprint density at radius 2 is 2.17 bits per heavy atom. The summed E-state index contributed by atoms with van der Waals surface area (Å²) in [5, 5.41) is 12.3. The predicted octanol–water partition coefficient (Wildman–Crippen LogP) is -0.757. The van der Waals surface area contributed by atoms with Crippen LogP contribution in [0, 0.1) is 0 Å². The second-order valence-electron chi connectivity index (χ2n) is 2.36. The molecule has 0 radical (unpaired) electrons. The lowest BCUT2D eigenvalue weighted by molar-refractivity contribution is 0.473. The van der Waals surface area contributed by atoms with Gasteiger partial charge in [0.2, 0.25) is 0 Å². The van der Waals surface area contributed by atoms with Gasteiger partial charge in [0.1, 0.15) is 0 Å². The number of hydrogen-bond donors (Lipinski definition) is 1. The van der Waals surface area contributed by atoms with Gasteiger partial charge in [-0.3, -0.25) is 0 Å². The normalized spacial score (nSPS) is 12.2. The van der Waals surface area contributed by atoms with Crippen molar-refractivity contribution < 1.29 is 13.5 Å². The second-order valence-corrected chi connectivity index (χ2v) is 4.36. The summed E-state index contributed by atoms with van der Waals surface area (Å²) >= 11 is 0. The molecule has 1 heterocycles. The Kier molecular flexibility index (Phi) is 2.07. The third kappa shape index (κ3) is 1.41. The third-order valence-electron chi connectivity index (χ3n) is 1.24. The molecule has 0 aliphatic heterocycles. The number of rotatable bonds is 2. The van der Waals surface area contributed by atoms with Crippen LogP contribution in [0.3, 0.4) is 0 Å². The van der Waals surface area contributed by atoms with E-state index in [1.54, 1.807) is 0 Å². The SMILES string of the molecule is CN(C)S(=O)(=O)n1cc(O)cn1. The zero-order valence-corrected chi connectivity index (χ0v) is 7.48. The predicted molar refractivity (Wildman–Crippen MR) is 41.9 cm³/mol. The van der Waals surface area contributed by atoms with Gasteiger partial charge < -0.3 is 5.11 Å². The molecule has 0 aliphatic carbocycles. The molecule has 0 bridgehead atoms. The smallest absolute Gasteiger partial charge is 0.322 e. The molecule has 68 valence electrons. The first-order chi connectivity index (χ1) is 5.44. The number of nitrogens with zero attached hydrogens (tertiary/aromatic N) is 3. The summed E-state index contributed by atoms with van der Waals surface area (Å²) in [5.41, 5.74) is 0. The van der Waals surface area contributed by atoms with Crippen LogP contribution in [-0.2, 0) is 10.2 Å². The van der Waals surface area contributed by atoms with Crippen LogP contribution in [0.2, 0.25) is 0 Å². The zero-order valence-electron chi connectivity index (χ0n) is 6.67. The van der Waals surface area contributed by atoms with E-state index in [-0.39, 0.29) is 5.75 Å². The van der Waals surface area contributed by atoms with Crippen LogP contribution in [0.4, 0.5) is 0 Å². The van der Waals surface area contributed by atoms with Gasteiger partial charge in [0.25, 0.3) is 0 Å². The van der Waals surface area contributed by atoms with Crippen LogP contribution >= 0.6 is 0 Å². The zero-order chi connectivity index (χ0) is 9.35. The second kappa shape index (κ2) is 2.76. The molecule has 0 aliphatic rings. The van der Waals surface area contributed by atoms with Crippen molar-refractivity contribution in [1.82, 2.24) is 13.5 Å². The van der Waals surface area contributed by atoms with Gasteiger partial charge in [-0.1, -0.05) is 0 Å². The van der Waals surface area contributed by atoms with E-state index < -0.39 is 10.2 Å². The molecular weight excluding hydrogens is 182 g/mol. The summed E-state index contributed by atoms with van der Waals surface area (Å²) in [5.74, 6) is -0.180. The minimum atomic E-state index is -3.58. The van der Waals surface area contributed by atoms with Crippen LogP contribution in [0.25, 0.3) is 0 Å². The molecule has 0 fully saturated rings. The minimum Gasteiger partial charge on any atom is -0.505 e. The maximum absolute atomic E-state index is 11.3. The first-order valence-corrected chi connectivity index (χ1v) is 4.51. The first-order valence-electron chi connectivity index (χ1n) is 3.11. The van der Waals surface area contributed by atoms with Crippen molar-refractivity contribution in [1.29, 1.82) is 0 Å². The largest absolute Gasteiger partial charge is 0.505 e. The van der Waals surface area contributed by atoms with E-state index >= 15 is 0 Å². The van der Waals surface area contributed by atoms with Crippen LogP contribution < -0.4 is 0 Å². The van der Waals surface area contributed by atoms with E-state index in [0.717, 1.165) is 16.7 Å². The van der Waals surface area contributed by atoms with Gasteiger partial charge in [-0.25, -0.2) is 0 Å². The van der Waals surface area contributed by atoms with Gasteiger partial charge >= 0.3 is 10.2 Å². The Morgan fingerprint density at radius 3 is 2.50 bits per heavy atom. The van der Waals surface area contributed by atoms with Gasteiger partial charge in [-0.15, -0.1) is 4.09 Å². The average Bonchev–Trinajstić information content (AvgIpc) is 2.35. The van der Waals surface area contributed by atoms with E-state index in [1.807, 2.05) is 0 Å². The van der Waals surface area contributed by atoms with Gasteiger partial charge in [-0.2, -0.15) is 17.8 Å². The Bertz CT molecular complexity index is 367. The fraction of sp³-hybridized carbons (Fsp3) is 0.400. The lowest BCUT2D eigenvalue weighted by atomic mass is 10.7. The molecule has 1 aromatic rings. The van der Waals surface area contributed by atoms with Crippen molar-refractivity contribution in [3.63, 3.8) is 0 Å². The fourth-order valence-corrected chi connectivity index (χ4v) is 1.33. The summed E-state index contributed by atoms with van der Waals surface area (Å²) in [6.45, 7) is 0. The molecule has 1 rings (SSSR count). The standard InChI is InChI=1S/C5H9N3O3S/c1-7(2)12(10,11)8-4-5(9)3-6-8/h3-4,9H,1-2H3. The highest BCUT2D eigenvalue weighted by atomic mass is 32.2. The van der Waals surface area contributed by atoms with Crippen molar-refractivity contribution in [3.8, 4) is 5.75 Å².